The van der Waals surface area contributed by atoms with Crippen LogP contribution in [0.2, 0.25) is 0 Å². The number of aryl methyl sites for hydroxylation is 2. The smallest absolute Gasteiger partial charge is 0.309 e. The fraction of sp³-hybridized carbons (Fsp3) is 0.417. The third-order valence-corrected chi connectivity index (χ3v) is 3.11. The van der Waals surface area contributed by atoms with Crippen molar-refractivity contribution in [2.45, 2.75) is 25.6 Å². The van der Waals surface area contributed by atoms with Crippen LogP contribution in [0.4, 0.5) is 0 Å². The third kappa shape index (κ3) is 3.06. The summed E-state index contributed by atoms with van der Waals surface area (Å²) in [4.78, 5) is 11.2. The van der Waals surface area contributed by atoms with Gasteiger partial charge in [-0.15, -0.1) is 0 Å². The van der Waals surface area contributed by atoms with E-state index in [9.17, 15) is 4.79 Å². The average Bonchev–Trinajstić information content (AvgIpc) is 2.21. The molecule has 1 rings (SSSR count). The van der Waals surface area contributed by atoms with E-state index in [1.54, 1.807) is 0 Å². The second-order valence-corrected chi connectivity index (χ2v) is 4.15. The lowest BCUT2D eigenvalue weighted by Crippen LogP contribution is -2.06. The lowest BCUT2D eigenvalue weighted by atomic mass is 9.99. The summed E-state index contributed by atoms with van der Waals surface area (Å²) < 4.78 is 4.66. The van der Waals surface area contributed by atoms with Crippen LogP contribution in [0, 0.1) is 13.8 Å². The zero-order chi connectivity index (χ0) is 11.4. The molecule has 1 aromatic carbocycles. The maximum atomic E-state index is 11.2. The molecule has 0 aliphatic carbocycles. The molecular weight excluding hydrogens is 256 g/mol. The van der Waals surface area contributed by atoms with Crippen molar-refractivity contribution >= 4 is 21.9 Å². The molecule has 0 bridgehead atoms. The summed E-state index contributed by atoms with van der Waals surface area (Å²) in [5.74, 6) is -0.192. The van der Waals surface area contributed by atoms with Gasteiger partial charge in [0.05, 0.1) is 13.5 Å². The van der Waals surface area contributed by atoms with E-state index in [0.29, 0.717) is 6.42 Å². The number of benzene rings is 1. The average molecular weight is 271 g/mol. The lowest BCUT2D eigenvalue weighted by Gasteiger charge is -2.09. The molecule has 0 atom stereocenters. The van der Waals surface area contributed by atoms with E-state index >= 15 is 0 Å². The molecule has 0 spiro atoms. The molecule has 0 aliphatic rings. The zero-order valence-corrected chi connectivity index (χ0v) is 10.8. The monoisotopic (exact) mass is 270 g/mol. The quantitative estimate of drug-likeness (QED) is 0.624. The van der Waals surface area contributed by atoms with Crippen LogP contribution < -0.4 is 0 Å². The van der Waals surface area contributed by atoms with Gasteiger partial charge in [0, 0.05) is 5.33 Å². The van der Waals surface area contributed by atoms with E-state index in [1.165, 1.54) is 18.2 Å². The Morgan fingerprint density at radius 1 is 1.27 bits per heavy atom. The van der Waals surface area contributed by atoms with E-state index in [0.717, 1.165) is 16.5 Å². The Morgan fingerprint density at radius 3 is 2.40 bits per heavy atom. The van der Waals surface area contributed by atoms with Crippen molar-refractivity contribution in [3.63, 3.8) is 0 Å². The number of hydrogen-bond acceptors (Lipinski definition) is 2. The van der Waals surface area contributed by atoms with Crippen LogP contribution in [-0.4, -0.2) is 13.1 Å². The first-order chi connectivity index (χ1) is 7.08. The summed E-state index contributed by atoms with van der Waals surface area (Å²) in [5, 5.41) is 0.813. The Bertz CT molecular complexity index is 372. The number of halogens is 1. The minimum Gasteiger partial charge on any atom is -0.469 e. The van der Waals surface area contributed by atoms with Crippen LogP contribution in [0.25, 0.3) is 0 Å². The SMILES string of the molecule is COC(=O)Cc1cc(CBr)c(C)cc1C. The van der Waals surface area contributed by atoms with Gasteiger partial charge in [0.2, 0.25) is 0 Å². The van der Waals surface area contributed by atoms with Crippen molar-refractivity contribution in [2.75, 3.05) is 7.11 Å². The van der Waals surface area contributed by atoms with Crippen LogP contribution in [0.5, 0.6) is 0 Å². The molecule has 0 saturated carbocycles. The minimum atomic E-state index is -0.192. The first-order valence-corrected chi connectivity index (χ1v) is 5.92. The van der Waals surface area contributed by atoms with Crippen molar-refractivity contribution in [3.8, 4) is 0 Å². The van der Waals surface area contributed by atoms with Gasteiger partial charge in [0.15, 0.2) is 0 Å². The first kappa shape index (κ1) is 12.2. The summed E-state index contributed by atoms with van der Waals surface area (Å²) in [7, 11) is 1.41. The first-order valence-electron chi connectivity index (χ1n) is 4.80. The van der Waals surface area contributed by atoms with Gasteiger partial charge in [-0.25, -0.2) is 0 Å². The summed E-state index contributed by atoms with van der Waals surface area (Å²) >= 11 is 3.43. The van der Waals surface area contributed by atoms with Crippen LogP contribution in [0.1, 0.15) is 22.3 Å². The maximum Gasteiger partial charge on any atom is 0.309 e. The number of carbonyl (C=O) groups excluding carboxylic acids is 1. The van der Waals surface area contributed by atoms with Crippen LogP contribution in [0.15, 0.2) is 12.1 Å². The van der Waals surface area contributed by atoms with Gasteiger partial charge in [-0.3, -0.25) is 4.79 Å². The highest BCUT2D eigenvalue weighted by Crippen LogP contribution is 2.19. The fourth-order valence-corrected chi connectivity index (χ4v) is 2.11. The molecule has 0 N–H and O–H groups in total. The maximum absolute atomic E-state index is 11.2. The van der Waals surface area contributed by atoms with Crippen molar-refractivity contribution < 1.29 is 9.53 Å². The number of ether oxygens (including phenoxy) is 1. The zero-order valence-electron chi connectivity index (χ0n) is 9.26. The van der Waals surface area contributed by atoms with Crippen molar-refractivity contribution in [2.24, 2.45) is 0 Å². The second kappa shape index (κ2) is 5.31. The second-order valence-electron chi connectivity index (χ2n) is 3.59. The number of methoxy groups -OCH3 is 1. The number of alkyl halides is 1. The number of esters is 1. The molecule has 0 fully saturated rings. The van der Waals surface area contributed by atoms with E-state index in [1.807, 2.05) is 6.92 Å². The van der Waals surface area contributed by atoms with E-state index < -0.39 is 0 Å². The molecule has 2 nitrogen and oxygen atoms in total. The Balaban J connectivity index is 3.02. The van der Waals surface area contributed by atoms with Crippen LogP contribution >= 0.6 is 15.9 Å². The largest absolute Gasteiger partial charge is 0.469 e. The van der Waals surface area contributed by atoms with Gasteiger partial charge < -0.3 is 4.74 Å². The Morgan fingerprint density at radius 2 is 1.87 bits per heavy atom. The van der Waals surface area contributed by atoms with Crippen LogP contribution in [0.3, 0.4) is 0 Å². The van der Waals surface area contributed by atoms with Crippen molar-refractivity contribution in [1.29, 1.82) is 0 Å². The highest BCUT2D eigenvalue weighted by atomic mass is 79.9. The molecule has 0 radical (unpaired) electrons. The molecule has 0 amide bonds. The Kier molecular flexibility index (Phi) is 4.33. The molecule has 0 heterocycles. The molecular formula is C12H15BrO2. The van der Waals surface area contributed by atoms with Gasteiger partial charge in [-0.1, -0.05) is 28.1 Å². The van der Waals surface area contributed by atoms with Gasteiger partial charge in [-0.2, -0.15) is 0 Å². The standard InChI is InChI=1S/C12H15BrO2/c1-8-4-9(2)11(7-13)5-10(8)6-12(14)15-3/h4-5H,6-7H2,1-3H3. The normalized spacial score (nSPS) is 10.1. The van der Waals surface area contributed by atoms with Gasteiger partial charge in [0.1, 0.15) is 0 Å². The summed E-state index contributed by atoms with van der Waals surface area (Å²) in [6.07, 6.45) is 0.350. The number of rotatable bonds is 3. The van der Waals surface area contributed by atoms with Crippen LogP contribution in [-0.2, 0) is 21.3 Å². The molecule has 0 unspecified atom stereocenters. The fourth-order valence-electron chi connectivity index (χ4n) is 1.51. The van der Waals surface area contributed by atoms with E-state index in [-0.39, 0.29) is 5.97 Å². The lowest BCUT2D eigenvalue weighted by molar-refractivity contribution is -0.139. The van der Waals surface area contributed by atoms with Gasteiger partial charge >= 0.3 is 5.97 Å². The predicted molar refractivity (Wildman–Crippen MR) is 64.3 cm³/mol. The highest BCUT2D eigenvalue weighted by molar-refractivity contribution is 9.08. The molecule has 0 saturated heterocycles. The summed E-state index contributed by atoms with van der Waals surface area (Å²) in [6, 6.07) is 4.17. The number of carbonyl (C=O) groups is 1. The Labute approximate surface area is 98.8 Å². The topological polar surface area (TPSA) is 26.3 Å². The van der Waals surface area contributed by atoms with Crippen molar-refractivity contribution in [3.05, 3.63) is 34.4 Å². The van der Waals surface area contributed by atoms with Gasteiger partial charge in [0.25, 0.3) is 0 Å². The molecule has 1 aromatic rings. The molecule has 3 heteroatoms. The molecule has 15 heavy (non-hydrogen) atoms. The molecule has 0 aromatic heterocycles. The molecule has 0 aliphatic heterocycles. The predicted octanol–water partition coefficient (Wildman–Crippen LogP) is 2.91. The van der Waals surface area contributed by atoms with E-state index in [4.69, 9.17) is 0 Å². The molecule has 82 valence electrons. The minimum absolute atomic E-state index is 0.192. The van der Waals surface area contributed by atoms with Gasteiger partial charge in [-0.05, 0) is 36.1 Å². The van der Waals surface area contributed by atoms with E-state index in [2.05, 4.69) is 39.7 Å². The summed E-state index contributed by atoms with van der Waals surface area (Å²) in [5.41, 5.74) is 4.65. The highest BCUT2D eigenvalue weighted by Gasteiger charge is 2.08. The Hall–Kier alpha value is -0.830. The van der Waals surface area contributed by atoms with Crippen molar-refractivity contribution in [1.82, 2.24) is 0 Å². The third-order valence-electron chi connectivity index (χ3n) is 2.50. The summed E-state index contributed by atoms with van der Waals surface area (Å²) in [6.45, 7) is 4.09. The number of hydrogen-bond donors (Lipinski definition) is 0.